The normalized spacial score (nSPS) is 11.5. The molecule has 110 valence electrons. The molecule has 0 amide bonds. The second kappa shape index (κ2) is 4.54. The Morgan fingerprint density at radius 1 is 1.00 bits per heavy atom. The highest BCUT2D eigenvalue weighted by Gasteiger charge is 2.12. The predicted octanol–water partition coefficient (Wildman–Crippen LogP) is 3.29. The van der Waals surface area contributed by atoms with Crippen LogP contribution in [0.15, 0.2) is 61.2 Å². The Balaban J connectivity index is 1.68. The lowest BCUT2D eigenvalue weighted by Crippen LogP contribution is -1.88. The van der Waals surface area contributed by atoms with Gasteiger partial charge in [-0.2, -0.15) is 5.10 Å². The third-order valence-electron chi connectivity index (χ3n) is 3.96. The Kier molecular flexibility index (Phi) is 2.40. The van der Waals surface area contributed by atoms with Gasteiger partial charge in [-0.05, 0) is 24.3 Å². The topological polar surface area (TPSA) is 75.2 Å². The number of nitrogens with zero attached hydrogens (tertiary/aromatic N) is 4. The zero-order valence-electron chi connectivity index (χ0n) is 12.1. The summed E-state index contributed by atoms with van der Waals surface area (Å²) in [6.45, 7) is 0. The van der Waals surface area contributed by atoms with Gasteiger partial charge in [0.2, 0.25) is 0 Å². The third-order valence-corrected chi connectivity index (χ3v) is 3.96. The van der Waals surface area contributed by atoms with E-state index in [0.29, 0.717) is 0 Å². The van der Waals surface area contributed by atoms with Crippen LogP contribution in [0.1, 0.15) is 0 Å². The minimum absolute atomic E-state index is 0.764. The molecule has 0 radical (unpaired) electrons. The lowest BCUT2D eigenvalue weighted by atomic mass is 10.2. The van der Waals surface area contributed by atoms with Crippen molar-refractivity contribution in [3.05, 3.63) is 61.2 Å². The Labute approximate surface area is 130 Å². The lowest BCUT2D eigenvalue weighted by molar-refractivity contribution is 1.06. The Hall–Kier alpha value is -3.41. The maximum Gasteiger partial charge on any atom is 0.159 e. The van der Waals surface area contributed by atoms with Crippen molar-refractivity contribution in [2.75, 3.05) is 0 Å². The molecule has 2 N–H and O–H groups in total. The summed E-state index contributed by atoms with van der Waals surface area (Å²) in [4.78, 5) is 12.1. The van der Waals surface area contributed by atoms with Gasteiger partial charge in [-0.15, -0.1) is 0 Å². The van der Waals surface area contributed by atoms with Gasteiger partial charge in [0.25, 0.3) is 0 Å². The van der Waals surface area contributed by atoms with E-state index in [1.807, 2.05) is 47.2 Å². The van der Waals surface area contributed by atoms with E-state index in [4.69, 9.17) is 0 Å². The first-order chi connectivity index (χ1) is 11.4. The molecule has 6 heteroatoms. The molecule has 0 saturated carbocycles. The number of H-pyrrole nitrogens is 2. The summed E-state index contributed by atoms with van der Waals surface area (Å²) < 4.78 is 1.96. The number of fused-ring (bicyclic) bond motifs is 2. The predicted molar refractivity (Wildman–Crippen MR) is 88.3 cm³/mol. The van der Waals surface area contributed by atoms with Crippen LogP contribution >= 0.6 is 0 Å². The second-order valence-corrected chi connectivity index (χ2v) is 5.37. The summed E-state index contributed by atoms with van der Waals surface area (Å²) in [7, 11) is 0. The average molecular weight is 300 g/mol. The average Bonchev–Trinajstić information content (AvgIpc) is 3.32. The molecule has 5 rings (SSSR count). The molecule has 0 atom stereocenters. The van der Waals surface area contributed by atoms with Crippen LogP contribution < -0.4 is 0 Å². The molecule has 0 fully saturated rings. The van der Waals surface area contributed by atoms with Crippen molar-refractivity contribution in [3.8, 4) is 17.2 Å². The number of aromatic amines is 2. The molecule has 23 heavy (non-hydrogen) atoms. The van der Waals surface area contributed by atoms with Crippen LogP contribution in [0.2, 0.25) is 0 Å². The first-order valence-corrected chi connectivity index (χ1v) is 7.30. The first kappa shape index (κ1) is 12.2. The molecule has 2 aromatic carbocycles. The standard InChI is InChI=1S/C17H12N6/c1-2-4-13-12(3-1)16(22-21-13)17-19-14-6-5-11(9-15(14)20-17)23-8-7-18-10-23/h1-10H,(H,19,20)(H,21,22). The van der Waals surface area contributed by atoms with E-state index in [1.54, 1.807) is 12.5 Å². The molecule has 0 bridgehead atoms. The van der Waals surface area contributed by atoms with Crippen LogP contribution in [-0.4, -0.2) is 29.7 Å². The van der Waals surface area contributed by atoms with Gasteiger partial charge in [-0.3, -0.25) is 5.10 Å². The number of nitrogens with one attached hydrogen (secondary N) is 2. The van der Waals surface area contributed by atoms with Gasteiger partial charge in [-0.1, -0.05) is 18.2 Å². The fraction of sp³-hybridized carbons (Fsp3) is 0. The molecule has 0 spiro atoms. The van der Waals surface area contributed by atoms with Crippen molar-refractivity contribution >= 4 is 21.9 Å². The van der Waals surface area contributed by atoms with Crippen LogP contribution in [0.5, 0.6) is 0 Å². The van der Waals surface area contributed by atoms with E-state index in [0.717, 1.165) is 39.1 Å². The van der Waals surface area contributed by atoms with Crippen LogP contribution in [0.3, 0.4) is 0 Å². The van der Waals surface area contributed by atoms with Crippen molar-refractivity contribution in [1.82, 2.24) is 29.7 Å². The number of rotatable bonds is 2. The van der Waals surface area contributed by atoms with Crippen molar-refractivity contribution in [1.29, 1.82) is 0 Å². The van der Waals surface area contributed by atoms with Gasteiger partial charge in [0.05, 0.1) is 22.9 Å². The van der Waals surface area contributed by atoms with E-state index >= 15 is 0 Å². The van der Waals surface area contributed by atoms with Crippen molar-refractivity contribution in [2.24, 2.45) is 0 Å². The van der Waals surface area contributed by atoms with E-state index in [1.165, 1.54) is 0 Å². The molecule has 3 aromatic heterocycles. The lowest BCUT2D eigenvalue weighted by Gasteiger charge is -2.00. The summed E-state index contributed by atoms with van der Waals surface area (Å²) in [6, 6.07) is 14.1. The second-order valence-electron chi connectivity index (χ2n) is 5.37. The Morgan fingerprint density at radius 2 is 1.96 bits per heavy atom. The SMILES string of the molecule is c1ccc2c(-c3nc4ccc(-n5ccnc5)cc4[nH]3)n[nH]c2c1. The van der Waals surface area contributed by atoms with Crippen LogP contribution in [0.25, 0.3) is 39.1 Å². The molecule has 3 heterocycles. The molecule has 5 aromatic rings. The molecule has 0 aliphatic carbocycles. The highest BCUT2D eigenvalue weighted by atomic mass is 15.1. The fourth-order valence-corrected chi connectivity index (χ4v) is 2.83. The minimum Gasteiger partial charge on any atom is -0.337 e. The minimum atomic E-state index is 0.764. The monoisotopic (exact) mass is 300 g/mol. The molecular formula is C17H12N6. The first-order valence-electron chi connectivity index (χ1n) is 7.30. The summed E-state index contributed by atoms with van der Waals surface area (Å²) in [5.41, 5.74) is 4.76. The van der Waals surface area contributed by atoms with Crippen molar-refractivity contribution in [3.63, 3.8) is 0 Å². The Bertz CT molecular complexity index is 1120. The highest BCUT2D eigenvalue weighted by molar-refractivity contribution is 5.93. The summed E-state index contributed by atoms with van der Waals surface area (Å²) >= 11 is 0. The van der Waals surface area contributed by atoms with Crippen LogP contribution in [0, 0.1) is 0 Å². The molecule has 0 saturated heterocycles. The van der Waals surface area contributed by atoms with Gasteiger partial charge in [0.1, 0.15) is 5.69 Å². The number of imidazole rings is 2. The largest absolute Gasteiger partial charge is 0.337 e. The van der Waals surface area contributed by atoms with Gasteiger partial charge < -0.3 is 9.55 Å². The van der Waals surface area contributed by atoms with Gasteiger partial charge in [0, 0.05) is 23.5 Å². The Morgan fingerprint density at radius 3 is 2.87 bits per heavy atom. The molecular weight excluding hydrogens is 288 g/mol. The number of hydrogen-bond acceptors (Lipinski definition) is 3. The highest BCUT2D eigenvalue weighted by Crippen LogP contribution is 2.26. The van der Waals surface area contributed by atoms with Gasteiger partial charge >= 0.3 is 0 Å². The van der Waals surface area contributed by atoms with E-state index in [-0.39, 0.29) is 0 Å². The molecule has 0 unspecified atom stereocenters. The van der Waals surface area contributed by atoms with Crippen LogP contribution in [-0.2, 0) is 0 Å². The summed E-state index contributed by atoms with van der Waals surface area (Å²) in [6.07, 6.45) is 5.46. The number of benzene rings is 2. The van der Waals surface area contributed by atoms with Gasteiger partial charge in [0.15, 0.2) is 5.82 Å². The van der Waals surface area contributed by atoms with Crippen molar-refractivity contribution < 1.29 is 0 Å². The summed E-state index contributed by atoms with van der Waals surface area (Å²) in [5.74, 6) is 0.764. The smallest absolute Gasteiger partial charge is 0.159 e. The van der Waals surface area contributed by atoms with Gasteiger partial charge in [-0.25, -0.2) is 9.97 Å². The maximum absolute atomic E-state index is 4.66. The molecule has 6 nitrogen and oxygen atoms in total. The molecule has 0 aliphatic rings. The number of aromatic nitrogens is 6. The maximum atomic E-state index is 4.66. The van der Waals surface area contributed by atoms with E-state index in [2.05, 4.69) is 31.2 Å². The number of para-hydroxylation sites is 1. The zero-order chi connectivity index (χ0) is 15.2. The van der Waals surface area contributed by atoms with E-state index in [9.17, 15) is 0 Å². The fourth-order valence-electron chi connectivity index (χ4n) is 2.83. The van der Waals surface area contributed by atoms with E-state index < -0.39 is 0 Å². The molecule has 0 aliphatic heterocycles. The van der Waals surface area contributed by atoms with Crippen molar-refractivity contribution in [2.45, 2.75) is 0 Å². The summed E-state index contributed by atoms with van der Waals surface area (Å²) in [5, 5.41) is 8.50. The number of hydrogen-bond donors (Lipinski definition) is 2. The zero-order valence-corrected chi connectivity index (χ0v) is 12.1. The van der Waals surface area contributed by atoms with Crippen LogP contribution in [0.4, 0.5) is 0 Å². The third kappa shape index (κ3) is 1.85. The quantitative estimate of drug-likeness (QED) is 0.525.